The number of hydrogen-bond donors (Lipinski definition) is 1. The van der Waals surface area contributed by atoms with Gasteiger partial charge in [0.2, 0.25) is 5.96 Å². The Balaban J connectivity index is 1.23. The molecule has 0 spiro atoms. The molecule has 0 radical (unpaired) electrons. The molecule has 8 rings (SSSR count). The Morgan fingerprint density at radius 1 is 1.00 bits per heavy atom. The van der Waals surface area contributed by atoms with Crippen molar-refractivity contribution in [2.75, 3.05) is 10.2 Å². The maximum absolute atomic E-state index is 13.8. The number of nitrogens with zero attached hydrogens (tertiary/aromatic N) is 8. The lowest BCUT2D eigenvalue weighted by atomic mass is 9.99. The van der Waals surface area contributed by atoms with Crippen molar-refractivity contribution in [2.45, 2.75) is 51.5 Å². The topological polar surface area (TPSA) is 106 Å². The molecule has 1 aliphatic carbocycles. The number of guanidine groups is 1. The van der Waals surface area contributed by atoms with Crippen LogP contribution in [0.25, 0.3) is 28.0 Å². The van der Waals surface area contributed by atoms with Crippen LogP contribution in [0.1, 0.15) is 53.8 Å². The minimum Gasteiger partial charge on any atom is -0.324 e. The first-order chi connectivity index (χ1) is 20.5. The minimum absolute atomic E-state index is 0.257. The summed E-state index contributed by atoms with van der Waals surface area (Å²) in [5.41, 5.74) is 8.84. The van der Waals surface area contributed by atoms with Crippen molar-refractivity contribution in [3.8, 4) is 16.9 Å². The van der Waals surface area contributed by atoms with E-state index in [1.807, 2.05) is 65.9 Å². The number of aliphatic imine (C=N–C) groups is 1. The van der Waals surface area contributed by atoms with Crippen LogP contribution in [0.15, 0.2) is 65.8 Å². The summed E-state index contributed by atoms with van der Waals surface area (Å²) < 4.78 is 3.79. The molecule has 1 atom stereocenters. The largest absolute Gasteiger partial charge is 0.324 e. The highest BCUT2D eigenvalue weighted by Gasteiger charge is 2.41. The lowest BCUT2D eigenvalue weighted by Crippen LogP contribution is -2.42. The molecule has 0 saturated heterocycles. The third kappa shape index (κ3) is 4.17. The Morgan fingerprint density at radius 3 is 2.76 bits per heavy atom. The standard InChI is InChI=1S/C32H31N9O/c1-19-15-21-16-25(34-19)23-18-33-39(2)28(23)9-6-5-8-27(20-11-12-20)40-29-14-13-22(17-26(29)35-32(40)36-31(21)42)41-30-10-4-3-7-24(30)37-38-41/h3-4,7,10,13-18,20,27H,5-6,8-9,11-12H2,1-2H3,(H,35,36,42). The van der Waals surface area contributed by atoms with E-state index in [9.17, 15) is 4.79 Å². The van der Waals surface area contributed by atoms with Crippen molar-refractivity contribution in [1.82, 2.24) is 29.8 Å². The van der Waals surface area contributed by atoms with Gasteiger partial charge in [-0.25, -0.2) is 4.68 Å². The number of pyridine rings is 1. The number of aromatic nitrogens is 6. The van der Waals surface area contributed by atoms with Gasteiger partial charge >= 0.3 is 0 Å². The van der Waals surface area contributed by atoms with Gasteiger partial charge in [0.15, 0.2) is 0 Å². The fourth-order valence-corrected chi connectivity index (χ4v) is 6.50. The van der Waals surface area contributed by atoms with Crippen LogP contribution < -0.4 is 10.2 Å². The van der Waals surface area contributed by atoms with Gasteiger partial charge in [0.25, 0.3) is 5.91 Å². The highest BCUT2D eigenvalue weighted by Crippen LogP contribution is 2.44. The molecule has 2 aliphatic heterocycles. The van der Waals surface area contributed by atoms with Gasteiger partial charge in [0, 0.05) is 35.6 Å². The summed E-state index contributed by atoms with van der Waals surface area (Å²) in [6.07, 6.45) is 8.29. The van der Waals surface area contributed by atoms with Crippen molar-refractivity contribution in [3.05, 3.63) is 77.7 Å². The van der Waals surface area contributed by atoms with Crippen molar-refractivity contribution >= 4 is 34.3 Å². The molecule has 1 fully saturated rings. The Kier molecular flexibility index (Phi) is 5.70. The van der Waals surface area contributed by atoms with Gasteiger partial charge in [-0.1, -0.05) is 23.8 Å². The zero-order valence-corrected chi connectivity index (χ0v) is 23.7. The molecule has 1 saturated carbocycles. The quantitative estimate of drug-likeness (QED) is 0.307. The van der Waals surface area contributed by atoms with E-state index in [1.54, 1.807) is 0 Å². The number of fused-ring (bicyclic) bond motifs is 8. The van der Waals surface area contributed by atoms with E-state index < -0.39 is 0 Å². The molecule has 3 aromatic heterocycles. The third-order valence-corrected chi connectivity index (χ3v) is 8.72. The maximum Gasteiger partial charge on any atom is 0.280 e. The highest BCUT2D eigenvalue weighted by atomic mass is 16.1. The summed E-state index contributed by atoms with van der Waals surface area (Å²) in [6, 6.07) is 18.1. The number of rotatable bonds is 2. The van der Waals surface area contributed by atoms with Crippen LogP contribution in [-0.4, -0.2) is 47.7 Å². The second-order valence-electron chi connectivity index (χ2n) is 11.6. The average molecular weight is 558 g/mol. The molecular formula is C32H31N9O. The molecule has 1 unspecified atom stereocenters. The van der Waals surface area contributed by atoms with E-state index in [-0.39, 0.29) is 11.9 Å². The zero-order chi connectivity index (χ0) is 28.4. The number of nitrogens with one attached hydrogen (secondary N) is 1. The van der Waals surface area contributed by atoms with Gasteiger partial charge in [-0.15, -0.1) is 5.10 Å². The van der Waals surface area contributed by atoms with Crippen LogP contribution in [-0.2, 0) is 13.5 Å². The second kappa shape index (κ2) is 9.61. The highest BCUT2D eigenvalue weighted by molar-refractivity contribution is 6.19. The summed E-state index contributed by atoms with van der Waals surface area (Å²) in [6.45, 7) is 1.92. The zero-order valence-electron chi connectivity index (χ0n) is 23.7. The fraction of sp³-hybridized carbons (Fsp3) is 0.312. The van der Waals surface area contributed by atoms with Crippen LogP contribution in [0.5, 0.6) is 0 Å². The number of hydrogen-bond acceptors (Lipinski definition) is 7. The van der Waals surface area contributed by atoms with Crippen molar-refractivity contribution in [1.29, 1.82) is 0 Å². The van der Waals surface area contributed by atoms with Gasteiger partial charge < -0.3 is 10.2 Å². The molecule has 210 valence electrons. The Morgan fingerprint density at radius 2 is 1.88 bits per heavy atom. The van der Waals surface area contributed by atoms with Gasteiger partial charge in [0.1, 0.15) is 5.52 Å². The molecule has 1 N–H and O–H groups in total. The number of carbonyl (C=O) groups is 1. The van der Waals surface area contributed by atoms with Gasteiger partial charge in [-0.3, -0.25) is 14.5 Å². The number of aryl methyl sites for hydroxylation is 2. The summed E-state index contributed by atoms with van der Waals surface area (Å²) in [5, 5.41) is 16.8. The Hall–Kier alpha value is -4.86. The smallest absolute Gasteiger partial charge is 0.280 e. The molecule has 3 aliphatic rings. The summed E-state index contributed by atoms with van der Waals surface area (Å²) in [7, 11) is 1.98. The predicted molar refractivity (Wildman–Crippen MR) is 162 cm³/mol. The van der Waals surface area contributed by atoms with Crippen LogP contribution in [0.3, 0.4) is 0 Å². The van der Waals surface area contributed by atoms with E-state index in [1.165, 1.54) is 12.8 Å². The van der Waals surface area contributed by atoms with Crippen molar-refractivity contribution in [3.63, 3.8) is 0 Å². The molecule has 5 heterocycles. The first kappa shape index (κ1) is 24.9. The molecule has 1 amide bonds. The minimum atomic E-state index is -0.290. The first-order valence-corrected chi connectivity index (χ1v) is 14.7. The van der Waals surface area contributed by atoms with Crippen LogP contribution in [0.4, 0.5) is 11.4 Å². The molecule has 5 aromatic rings. The van der Waals surface area contributed by atoms with E-state index in [4.69, 9.17) is 9.98 Å². The maximum atomic E-state index is 13.8. The van der Waals surface area contributed by atoms with Crippen LogP contribution >= 0.6 is 0 Å². The average Bonchev–Trinajstić information content (AvgIpc) is 3.49. The third-order valence-electron chi connectivity index (χ3n) is 8.72. The molecule has 10 nitrogen and oxygen atoms in total. The number of benzene rings is 2. The van der Waals surface area contributed by atoms with Crippen LogP contribution in [0, 0.1) is 12.8 Å². The van der Waals surface area contributed by atoms with Crippen molar-refractivity contribution < 1.29 is 4.79 Å². The SMILES string of the molecule is Cc1cc2cc(n1)-c1cnn(C)c1CCCCC(C1CC1)N1/C(=N/C2=O)Nc2cc(-n3nnc4ccccc43)ccc21. The number of amides is 1. The van der Waals surface area contributed by atoms with E-state index in [0.717, 1.165) is 76.4 Å². The second-order valence-corrected chi connectivity index (χ2v) is 11.6. The lowest BCUT2D eigenvalue weighted by Gasteiger charge is -2.30. The summed E-state index contributed by atoms with van der Waals surface area (Å²) in [5.74, 6) is 0.871. The first-order valence-electron chi connectivity index (χ1n) is 14.7. The van der Waals surface area contributed by atoms with E-state index in [2.05, 4.69) is 43.8 Å². The molecule has 2 aromatic carbocycles. The Labute approximate surface area is 243 Å². The molecule has 42 heavy (non-hydrogen) atoms. The molecular weight excluding hydrogens is 526 g/mol. The normalized spacial score (nSPS) is 19.9. The number of para-hydroxylation sites is 1. The summed E-state index contributed by atoms with van der Waals surface area (Å²) in [4.78, 5) is 25.6. The van der Waals surface area contributed by atoms with Crippen LogP contribution in [0.2, 0.25) is 0 Å². The molecule has 2 bridgehead atoms. The number of carbonyl (C=O) groups excluding carboxylic acids is 1. The van der Waals surface area contributed by atoms with Gasteiger partial charge in [0.05, 0.1) is 34.5 Å². The summed E-state index contributed by atoms with van der Waals surface area (Å²) >= 11 is 0. The number of anilines is 2. The van der Waals surface area contributed by atoms with Gasteiger partial charge in [-0.05, 0) is 87.4 Å². The molecule has 10 heteroatoms. The lowest BCUT2D eigenvalue weighted by molar-refractivity contribution is 0.100. The van der Waals surface area contributed by atoms with E-state index in [0.29, 0.717) is 17.4 Å². The Bertz CT molecular complexity index is 1900. The van der Waals surface area contributed by atoms with E-state index >= 15 is 0 Å². The predicted octanol–water partition coefficient (Wildman–Crippen LogP) is 5.46. The fourth-order valence-electron chi connectivity index (χ4n) is 6.50. The van der Waals surface area contributed by atoms with Gasteiger partial charge in [-0.2, -0.15) is 10.1 Å². The van der Waals surface area contributed by atoms with Crippen molar-refractivity contribution in [2.24, 2.45) is 18.0 Å². The monoisotopic (exact) mass is 557 g/mol.